The van der Waals surface area contributed by atoms with Crippen molar-refractivity contribution in [2.24, 2.45) is 0 Å². The van der Waals surface area contributed by atoms with Gasteiger partial charge in [0.05, 0.1) is 6.54 Å². The third-order valence-electron chi connectivity index (χ3n) is 4.19. The van der Waals surface area contributed by atoms with E-state index in [0.29, 0.717) is 6.54 Å². The Bertz CT molecular complexity index is 847. The topological polar surface area (TPSA) is 40.5 Å². The molecule has 0 atom stereocenters. The van der Waals surface area contributed by atoms with Gasteiger partial charge in [-0.25, -0.2) is 0 Å². The van der Waals surface area contributed by atoms with Gasteiger partial charge in [0, 0.05) is 17.7 Å². The average Bonchev–Trinajstić information content (AvgIpc) is 2.61. The van der Waals surface area contributed by atoms with Crippen LogP contribution in [0, 0.1) is 11.8 Å². The molecular formula is C24H27NO2. The number of rotatable bonds is 5. The summed E-state index contributed by atoms with van der Waals surface area (Å²) in [5.74, 6) is 5.65. The lowest BCUT2D eigenvalue weighted by atomic mass is 9.87. The molecule has 0 unspecified atom stereocenters. The number of nitrogens with zero attached hydrogens (tertiary/aromatic N) is 1. The number of carboxylic acid groups (broad SMARTS) is 1. The first kappa shape index (κ1) is 20.5. The SMILES string of the molecule is CN(C/C=C(/C#Cc1ccc(C(C)(C)C)cc1)c1ccccc1)CC(=O)O. The summed E-state index contributed by atoms with van der Waals surface area (Å²) >= 11 is 0. The molecule has 0 radical (unpaired) electrons. The smallest absolute Gasteiger partial charge is 0.317 e. The van der Waals surface area contributed by atoms with Crippen molar-refractivity contribution < 1.29 is 9.90 Å². The van der Waals surface area contributed by atoms with Gasteiger partial charge in [0.2, 0.25) is 0 Å². The summed E-state index contributed by atoms with van der Waals surface area (Å²) in [5, 5.41) is 8.91. The molecule has 2 aromatic carbocycles. The molecule has 140 valence electrons. The molecule has 0 aliphatic heterocycles. The number of likely N-dealkylation sites (N-methyl/N-ethyl adjacent to an activating group) is 1. The van der Waals surface area contributed by atoms with Crippen LogP contribution in [-0.4, -0.2) is 36.1 Å². The van der Waals surface area contributed by atoms with Gasteiger partial charge in [-0.05, 0) is 35.7 Å². The Balaban J connectivity index is 2.25. The Morgan fingerprint density at radius 3 is 2.26 bits per heavy atom. The minimum absolute atomic E-state index is 0.000262. The predicted octanol–water partition coefficient (Wildman–Crippen LogP) is 4.44. The number of aliphatic carboxylic acids is 1. The van der Waals surface area contributed by atoms with Gasteiger partial charge in [0.15, 0.2) is 0 Å². The van der Waals surface area contributed by atoms with Gasteiger partial charge in [-0.1, -0.05) is 81.2 Å². The predicted molar refractivity (Wildman–Crippen MR) is 112 cm³/mol. The second-order valence-electron chi connectivity index (χ2n) is 7.65. The Morgan fingerprint density at radius 1 is 1.07 bits per heavy atom. The highest BCUT2D eigenvalue weighted by Gasteiger charge is 2.12. The monoisotopic (exact) mass is 361 g/mol. The second kappa shape index (κ2) is 9.21. The average molecular weight is 361 g/mol. The van der Waals surface area contributed by atoms with Gasteiger partial charge >= 0.3 is 5.97 Å². The number of carboxylic acids is 1. The number of carbonyl (C=O) groups is 1. The molecule has 27 heavy (non-hydrogen) atoms. The van der Waals surface area contributed by atoms with E-state index in [1.807, 2.05) is 48.5 Å². The molecule has 0 aliphatic rings. The van der Waals surface area contributed by atoms with E-state index >= 15 is 0 Å². The minimum Gasteiger partial charge on any atom is -0.480 e. The van der Waals surface area contributed by atoms with E-state index in [9.17, 15) is 4.79 Å². The Morgan fingerprint density at radius 2 is 1.70 bits per heavy atom. The molecule has 0 saturated heterocycles. The molecule has 3 heteroatoms. The Hall–Kier alpha value is -2.83. The lowest BCUT2D eigenvalue weighted by Crippen LogP contribution is -2.25. The van der Waals surface area contributed by atoms with Gasteiger partial charge < -0.3 is 5.11 Å². The molecular weight excluding hydrogens is 334 g/mol. The highest BCUT2D eigenvalue weighted by molar-refractivity contribution is 5.79. The molecule has 0 amide bonds. The van der Waals surface area contributed by atoms with Crippen LogP contribution in [0.3, 0.4) is 0 Å². The van der Waals surface area contributed by atoms with Crippen LogP contribution >= 0.6 is 0 Å². The number of allylic oxidation sites excluding steroid dienone is 1. The molecule has 0 aromatic heterocycles. The fourth-order valence-corrected chi connectivity index (χ4v) is 2.59. The molecule has 0 bridgehead atoms. The zero-order valence-electron chi connectivity index (χ0n) is 16.5. The van der Waals surface area contributed by atoms with E-state index in [0.717, 1.165) is 16.7 Å². The standard InChI is InChI=1S/C24H27NO2/c1-24(2,3)22-14-11-19(12-15-22)10-13-21(20-8-6-5-7-9-20)16-17-25(4)18-23(26)27/h5-9,11-12,14-16H,17-18H2,1-4H3,(H,26,27)/b21-16-. The fraction of sp³-hybridized carbons (Fsp3) is 0.292. The van der Waals surface area contributed by atoms with Gasteiger partial charge in [0.25, 0.3) is 0 Å². The van der Waals surface area contributed by atoms with Crippen molar-refractivity contribution >= 4 is 11.5 Å². The van der Waals surface area contributed by atoms with Crippen molar-refractivity contribution in [1.29, 1.82) is 0 Å². The van der Waals surface area contributed by atoms with Crippen LogP contribution in [0.4, 0.5) is 0 Å². The maximum atomic E-state index is 10.8. The molecule has 0 saturated carbocycles. The van der Waals surface area contributed by atoms with Crippen molar-refractivity contribution in [3.8, 4) is 11.8 Å². The molecule has 0 aliphatic carbocycles. The van der Waals surface area contributed by atoms with Gasteiger partial charge in [-0.3, -0.25) is 9.69 Å². The van der Waals surface area contributed by atoms with E-state index in [2.05, 4.69) is 44.7 Å². The van der Waals surface area contributed by atoms with Gasteiger partial charge in [0.1, 0.15) is 0 Å². The van der Waals surface area contributed by atoms with Crippen LogP contribution in [0.1, 0.15) is 37.5 Å². The quantitative estimate of drug-likeness (QED) is 0.801. The van der Waals surface area contributed by atoms with E-state index in [1.165, 1.54) is 5.56 Å². The molecule has 3 nitrogen and oxygen atoms in total. The third-order valence-corrected chi connectivity index (χ3v) is 4.19. The van der Waals surface area contributed by atoms with E-state index < -0.39 is 5.97 Å². The summed E-state index contributed by atoms with van der Waals surface area (Å²) in [6.45, 7) is 7.10. The highest BCUT2D eigenvalue weighted by Crippen LogP contribution is 2.22. The number of benzene rings is 2. The van der Waals surface area contributed by atoms with Crippen molar-refractivity contribution in [3.05, 3.63) is 77.4 Å². The van der Waals surface area contributed by atoms with Gasteiger partial charge in [-0.15, -0.1) is 0 Å². The molecule has 0 fully saturated rings. The summed E-state index contributed by atoms with van der Waals surface area (Å²) in [7, 11) is 1.78. The molecule has 2 rings (SSSR count). The Kier molecular flexibility index (Phi) is 6.98. The van der Waals surface area contributed by atoms with Crippen LogP contribution in [0.5, 0.6) is 0 Å². The van der Waals surface area contributed by atoms with Crippen LogP contribution in [0.25, 0.3) is 5.57 Å². The largest absolute Gasteiger partial charge is 0.480 e. The van der Waals surface area contributed by atoms with Crippen LogP contribution in [0.2, 0.25) is 0 Å². The van der Waals surface area contributed by atoms with Crippen molar-refractivity contribution in [3.63, 3.8) is 0 Å². The molecule has 0 heterocycles. The van der Waals surface area contributed by atoms with Crippen LogP contribution in [-0.2, 0) is 10.2 Å². The highest BCUT2D eigenvalue weighted by atomic mass is 16.4. The molecule has 2 aromatic rings. The van der Waals surface area contributed by atoms with Crippen molar-refractivity contribution in [1.82, 2.24) is 4.90 Å². The summed E-state index contributed by atoms with van der Waals surface area (Å²) in [5.41, 5.74) is 4.29. The van der Waals surface area contributed by atoms with Crippen LogP contribution in [0.15, 0.2) is 60.7 Å². The number of hydrogen-bond donors (Lipinski definition) is 1. The molecule has 0 spiro atoms. The first-order valence-corrected chi connectivity index (χ1v) is 9.04. The van der Waals surface area contributed by atoms with Crippen LogP contribution < -0.4 is 0 Å². The maximum Gasteiger partial charge on any atom is 0.317 e. The fourth-order valence-electron chi connectivity index (χ4n) is 2.59. The van der Waals surface area contributed by atoms with Crippen molar-refractivity contribution in [2.75, 3.05) is 20.1 Å². The summed E-state index contributed by atoms with van der Waals surface area (Å²) in [4.78, 5) is 12.6. The summed E-state index contributed by atoms with van der Waals surface area (Å²) in [6.07, 6.45) is 1.98. The Labute approximate surface area is 162 Å². The van der Waals surface area contributed by atoms with E-state index in [4.69, 9.17) is 5.11 Å². The summed E-state index contributed by atoms with van der Waals surface area (Å²) in [6, 6.07) is 18.3. The third kappa shape index (κ3) is 6.77. The first-order valence-electron chi connectivity index (χ1n) is 9.04. The first-order chi connectivity index (χ1) is 12.8. The minimum atomic E-state index is -0.836. The number of hydrogen-bond acceptors (Lipinski definition) is 2. The van der Waals surface area contributed by atoms with E-state index in [1.54, 1.807) is 11.9 Å². The maximum absolute atomic E-state index is 10.8. The van der Waals surface area contributed by atoms with E-state index in [-0.39, 0.29) is 12.0 Å². The summed E-state index contributed by atoms with van der Waals surface area (Å²) < 4.78 is 0. The van der Waals surface area contributed by atoms with Crippen molar-refractivity contribution in [2.45, 2.75) is 26.2 Å². The normalized spacial score (nSPS) is 11.8. The van der Waals surface area contributed by atoms with Gasteiger partial charge in [-0.2, -0.15) is 0 Å². The second-order valence-corrected chi connectivity index (χ2v) is 7.65. The zero-order chi connectivity index (χ0) is 19.9. The lowest BCUT2D eigenvalue weighted by molar-refractivity contribution is -0.137. The lowest BCUT2D eigenvalue weighted by Gasteiger charge is -2.18. The zero-order valence-corrected chi connectivity index (χ0v) is 16.5. The molecule has 1 N–H and O–H groups in total.